The van der Waals surface area contributed by atoms with E-state index in [0.29, 0.717) is 19.5 Å². The molecule has 1 aromatic rings. The van der Waals surface area contributed by atoms with Gasteiger partial charge in [0.25, 0.3) is 5.69 Å². The molecule has 0 spiro atoms. The van der Waals surface area contributed by atoms with Crippen molar-refractivity contribution < 1.29 is 18.1 Å². The molecule has 1 aliphatic rings. The van der Waals surface area contributed by atoms with Crippen LogP contribution in [0, 0.1) is 10.1 Å². The lowest BCUT2D eigenvalue weighted by atomic mass is 10.0. The normalized spacial score (nSPS) is 18.7. The molecule has 1 aliphatic heterocycles. The smallest absolute Gasteiger partial charge is 0.293 e. The fourth-order valence-corrected chi connectivity index (χ4v) is 4.75. The molecule has 2 N–H and O–H groups in total. The Labute approximate surface area is 147 Å². The predicted molar refractivity (Wildman–Crippen MR) is 92.1 cm³/mol. The van der Waals surface area contributed by atoms with Crippen molar-refractivity contribution in [2.24, 2.45) is 5.73 Å². The van der Waals surface area contributed by atoms with E-state index >= 15 is 0 Å². The maximum atomic E-state index is 12.9. The lowest BCUT2D eigenvalue weighted by molar-refractivity contribution is -0.387. The van der Waals surface area contributed by atoms with E-state index in [4.69, 9.17) is 10.5 Å². The molecule has 0 bridgehead atoms. The van der Waals surface area contributed by atoms with Gasteiger partial charge in [0.2, 0.25) is 10.0 Å². The average Bonchev–Trinajstić information content (AvgIpc) is 2.54. The van der Waals surface area contributed by atoms with Crippen LogP contribution in [-0.2, 0) is 10.0 Å². The third kappa shape index (κ3) is 4.15. The first-order valence-electron chi connectivity index (χ1n) is 7.46. The lowest BCUT2D eigenvalue weighted by Gasteiger charge is -2.34. The van der Waals surface area contributed by atoms with Crippen molar-refractivity contribution in [2.75, 3.05) is 20.2 Å². The maximum Gasteiger partial charge on any atom is 0.293 e. The zero-order chi connectivity index (χ0) is 17.0. The van der Waals surface area contributed by atoms with E-state index in [1.807, 2.05) is 0 Å². The van der Waals surface area contributed by atoms with Gasteiger partial charge in [-0.2, -0.15) is 4.31 Å². The van der Waals surface area contributed by atoms with Gasteiger partial charge in [0.15, 0.2) is 4.90 Å². The highest BCUT2D eigenvalue weighted by Gasteiger charge is 2.37. The van der Waals surface area contributed by atoms with E-state index in [0.717, 1.165) is 25.3 Å². The number of nitro groups is 1. The molecule has 24 heavy (non-hydrogen) atoms. The van der Waals surface area contributed by atoms with Crippen molar-refractivity contribution in [1.82, 2.24) is 4.31 Å². The monoisotopic (exact) mass is 379 g/mol. The zero-order valence-electron chi connectivity index (χ0n) is 13.4. The molecule has 1 aromatic carbocycles. The Bertz CT molecular complexity index is 681. The SMILES string of the molecule is COc1ccc(S(=O)(=O)N2CCCCC2CCN)c([N+](=O)[O-])c1.Cl. The predicted octanol–water partition coefficient (Wildman–Crippen LogP) is 1.92. The minimum Gasteiger partial charge on any atom is -0.497 e. The van der Waals surface area contributed by atoms with Gasteiger partial charge in [-0.05, 0) is 37.9 Å². The number of hydrogen-bond donors (Lipinski definition) is 1. The van der Waals surface area contributed by atoms with Crippen LogP contribution in [0.5, 0.6) is 5.75 Å². The summed E-state index contributed by atoms with van der Waals surface area (Å²) >= 11 is 0. The topological polar surface area (TPSA) is 116 Å². The van der Waals surface area contributed by atoms with Crippen molar-refractivity contribution in [2.45, 2.75) is 36.6 Å². The summed E-state index contributed by atoms with van der Waals surface area (Å²) in [4.78, 5) is 10.3. The summed E-state index contributed by atoms with van der Waals surface area (Å²) in [7, 11) is -2.58. The molecule has 0 saturated carbocycles. The van der Waals surface area contributed by atoms with Crippen LogP contribution in [0.1, 0.15) is 25.7 Å². The van der Waals surface area contributed by atoms with Crippen LogP contribution in [0.2, 0.25) is 0 Å². The van der Waals surface area contributed by atoms with Gasteiger partial charge in [-0.3, -0.25) is 10.1 Å². The number of ether oxygens (including phenoxy) is 1. The molecule has 1 fully saturated rings. The molecule has 0 aliphatic carbocycles. The number of nitrogens with two attached hydrogens (primary N) is 1. The van der Waals surface area contributed by atoms with Gasteiger partial charge in [0.05, 0.1) is 18.1 Å². The van der Waals surface area contributed by atoms with Crippen LogP contribution in [-0.4, -0.2) is 43.9 Å². The van der Waals surface area contributed by atoms with E-state index in [2.05, 4.69) is 0 Å². The summed E-state index contributed by atoms with van der Waals surface area (Å²) in [5.74, 6) is 0.243. The molecule has 10 heteroatoms. The third-order valence-electron chi connectivity index (χ3n) is 4.02. The van der Waals surface area contributed by atoms with E-state index in [1.54, 1.807) is 0 Å². The average molecular weight is 380 g/mol. The Balaban J connectivity index is 0.00000288. The first-order chi connectivity index (χ1) is 10.9. The highest BCUT2D eigenvalue weighted by molar-refractivity contribution is 7.89. The molecule has 0 aromatic heterocycles. The second-order valence-electron chi connectivity index (χ2n) is 5.43. The second-order valence-corrected chi connectivity index (χ2v) is 7.29. The van der Waals surface area contributed by atoms with Crippen molar-refractivity contribution >= 4 is 28.1 Å². The first-order valence-corrected chi connectivity index (χ1v) is 8.90. The fraction of sp³-hybridized carbons (Fsp3) is 0.571. The molecule has 1 heterocycles. The Morgan fingerprint density at radius 3 is 2.71 bits per heavy atom. The first kappa shape index (κ1) is 20.6. The van der Waals surface area contributed by atoms with Crippen molar-refractivity contribution in [1.29, 1.82) is 0 Å². The van der Waals surface area contributed by atoms with Crippen LogP contribution in [0.25, 0.3) is 0 Å². The van der Waals surface area contributed by atoms with Crippen molar-refractivity contribution in [3.63, 3.8) is 0 Å². The van der Waals surface area contributed by atoms with Gasteiger partial charge < -0.3 is 10.5 Å². The Kier molecular flexibility index (Phi) is 7.40. The van der Waals surface area contributed by atoms with Gasteiger partial charge >= 0.3 is 0 Å². The molecular formula is C14H22ClN3O5S. The maximum absolute atomic E-state index is 12.9. The summed E-state index contributed by atoms with van der Waals surface area (Å²) in [5.41, 5.74) is 5.10. The van der Waals surface area contributed by atoms with E-state index < -0.39 is 20.6 Å². The number of nitro benzene ring substituents is 1. The van der Waals surface area contributed by atoms with Gasteiger partial charge in [-0.1, -0.05) is 6.42 Å². The van der Waals surface area contributed by atoms with Gasteiger partial charge in [0, 0.05) is 12.6 Å². The number of nitrogens with zero attached hydrogens (tertiary/aromatic N) is 2. The van der Waals surface area contributed by atoms with Crippen LogP contribution in [0.4, 0.5) is 5.69 Å². The highest BCUT2D eigenvalue weighted by atomic mass is 35.5. The number of halogens is 1. The Hall–Kier alpha value is -1.42. The number of sulfonamides is 1. The minimum absolute atomic E-state index is 0. The minimum atomic E-state index is -3.95. The number of rotatable bonds is 6. The van der Waals surface area contributed by atoms with E-state index in [1.165, 1.54) is 23.5 Å². The molecule has 1 unspecified atom stereocenters. The lowest BCUT2D eigenvalue weighted by Crippen LogP contribution is -2.44. The van der Waals surface area contributed by atoms with E-state index in [9.17, 15) is 18.5 Å². The fourth-order valence-electron chi connectivity index (χ4n) is 2.88. The van der Waals surface area contributed by atoms with Crippen LogP contribution < -0.4 is 10.5 Å². The Morgan fingerprint density at radius 1 is 1.42 bits per heavy atom. The summed E-state index contributed by atoms with van der Waals surface area (Å²) in [6.45, 7) is 0.734. The third-order valence-corrected chi connectivity index (χ3v) is 6.02. The molecule has 1 saturated heterocycles. The molecule has 0 amide bonds. The second kappa shape index (κ2) is 8.61. The van der Waals surface area contributed by atoms with Crippen LogP contribution in [0.15, 0.2) is 23.1 Å². The van der Waals surface area contributed by atoms with Gasteiger partial charge in [-0.25, -0.2) is 8.42 Å². The Morgan fingerprint density at radius 2 is 2.12 bits per heavy atom. The van der Waals surface area contributed by atoms with Gasteiger partial charge in [0.1, 0.15) is 5.75 Å². The molecule has 1 atom stereocenters. The summed E-state index contributed by atoms with van der Waals surface area (Å²) in [5, 5.41) is 11.3. The standard InChI is InChI=1S/C14H21N3O5S.ClH/c1-22-12-5-6-14(13(10-12)17(18)19)23(20,21)16-9-3-2-4-11(16)7-8-15;/h5-6,10-11H,2-4,7-9,15H2,1H3;1H. The summed E-state index contributed by atoms with van der Waals surface area (Å²) in [6.07, 6.45) is 2.94. The number of piperidine rings is 1. The molecule has 0 radical (unpaired) electrons. The number of benzene rings is 1. The molecule has 2 rings (SSSR count). The van der Waals surface area contributed by atoms with Crippen molar-refractivity contribution in [3.8, 4) is 5.75 Å². The van der Waals surface area contributed by atoms with Crippen molar-refractivity contribution in [3.05, 3.63) is 28.3 Å². The summed E-state index contributed by atoms with van der Waals surface area (Å²) in [6, 6.07) is 3.58. The largest absolute Gasteiger partial charge is 0.497 e. The molecular weight excluding hydrogens is 358 g/mol. The number of hydrogen-bond acceptors (Lipinski definition) is 6. The van der Waals surface area contributed by atoms with Crippen LogP contribution in [0.3, 0.4) is 0 Å². The zero-order valence-corrected chi connectivity index (χ0v) is 15.0. The number of methoxy groups -OCH3 is 1. The summed E-state index contributed by atoms with van der Waals surface area (Å²) < 4.78 is 32.2. The quantitative estimate of drug-likeness (QED) is 0.596. The molecule has 136 valence electrons. The van der Waals surface area contributed by atoms with Gasteiger partial charge in [-0.15, -0.1) is 12.4 Å². The highest BCUT2D eigenvalue weighted by Crippen LogP contribution is 2.33. The molecule has 8 nitrogen and oxygen atoms in total. The van der Waals surface area contributed by atoms with Crippen LogP contribution >= 0.6 is 12.4 Å². The van der Waals surface area contributed by atoms with E-state index in [-0.39, 0.29) is 29.1 Å².